The number of aromatic nitrogens is 2. The number of hydrogen-bond acceptors (Lipinski definition) is 7. The fourth-order valence-corrected chi connectivity index (χ4v) is 4.96. The molecule has 4 aromatic rings. The highest BCUT2D eigenvalue weighted by Crippen LogP contribution is 2.27. The number of fused-ring (bicyclic) bond motifs is 2. The second kappa shape index (κ2) is 8.78. The molecule has 10 heteroatoms. The van der Waals surface area contributed by atoms with E-state index in [2.05, 4.69) is 15.3 Å². The largest absolute Gasteiger partial charge is 0.483 e. The average molecular weight is 442 g/mol. The minimum absolute atomic E-state index is 0.157. The van der Waals surface area contributed by atoms with Crippen molar-refractivity contribution in [2.75, 3.05) is 31.1 Å². The Morgan fingerprint density at radius 2 is 1.87 bits per heavy atom. The van der Waals surface area contributed by atoms with Crippen LogP contribution in [0.1, 0.15) is 6.42 Å². The van der Waals surface area contributed by atoms with Crippen LogP contribution in [0.3, 0.4) is 0 Å². The maximum absolute atomic E-state index is 13.3. The van der Waals surface area contributed by atoms with Gasteiger partial charge in [0.15, 0.2) is 0 Å². The van der Waals surface area contributed by atoms with Crippen molar-refractivity contribution >= 4 is 44.1 Å². The van der Waals surface area contributed by atoms with E-state index in [1.807, 2.05) is 18.2 Å². The molecule has 2 aromatic carbocycles. The van der Waals surface area contributed by atoms with Crippen molar-refractivity contribution in [1.29, 1.82) is 0 Å². The first-order valence-corrected chi connectivity index (χ1v) is 11.2. The van der Waals surface area contributed by atoms with Gasteiger partial charge >= 0.3 is 0 Å². The van der Waals surface area contributed by atoms with E-state index in [4.69, 9.17) is 14.3 Å². The van der Waals surface area contributed by atoms with E-state index >= 15 is 0 Å². The SMILES string of the molecule is O=CO.O=S(=O)(c1ccc2ccoc2c1)n1ncc2ccc(N3CCCNCC3)cc21. The molecule has 0 unspecified atom stereocenters. The van der Waals surface area contributed by atoms with Crippen LogP contribution in [0.15, 0.2) is 64.2 Å². The molecule has 31 heavy (non-hydrogen) atoms. The molecule has 3 heterocycles. The van der Waals surface area contributed by atoms with E-state index in [1.54, 1.807) is 36.7 Å². The third-order valence-electron chi connectivity index (χ3n) is 5.18. The van der Waals surface area contributed by atoms with Crippen LogP contribution in [-0.2, 0) is 14.8 Å². The highest BCUT2D eigenvalue weighted by Gasteiger charge is 2.22. The monoisotopic (exact) mass is 442 g/mol. The van der Waals surface area contributed by atoms with Gasteiger partial charge < -0.3 is 19.7 Å². The van der Waals surface area contributed by atoms with E-state index < -0.39 is 10.0 Å². The van der Waals surface area contributed by atoms with Crippen LogP contribution < -0.4 is 10.2 Å². The van der Waals surface area contributed by atoms with Crippen molar-refractivity contribution in [3.63, 3.8) is 0 Å². The molecular weight excluding hydrogens is 420 g/mol. The summed E-state index contributed by atoms with van der Waals surface area (Å²) in [6, 6.07) is 12.5. The van der Waals surface area contributed by atoms with Crippen molar-refractivity contribution < 1.29 is 22.7 Å². The Morgan fingerprint density at radius 1 is 1.06 bits per heavy atom. The van der Waals surface area contributed by atoms with Gasteiger partial charge in [0.1, 0.15) is 5.58 Å². The van der Waals surface area contributed by atoms with Crippen LogP contribution in [0, 0.1) is 0 Å². The fourth-order valence-electron chi connectivity index (χ4n) is 3.67. The van der Waals surface area contributed by atoms with Crippen LogP contribution >= 0.6 is 0 Å². The van der Waals surface area contributed by atoms with Crippen molar-refractivity contribution in [1.82, 2.24) is 14.5 Å². The zero-order valence-corrected chi connectivity index (χ0v) is 17.5. The summed E-state index contributed by atoms with van der Waals surface area (Å²) in [5.41, 5.74) is 2.12. The molecular formula is C21H22N4O5S. The number of benzene rings is 2. The second-order valence-electron chi connectivity index (χ2n) is 7.05. The normalized spacial score (nSPS) is 14.8. The molecule has 1 aliphatic heterocycles. The van der Waals surface area contributed by atoms with Gasteiger partial charge in [-0.3, -0.25) is 4.79 Å². The number of nitrogens with zero attached hydrogens (tertiary/aromatic N) is 3. The zero-order valence-electron chi connectivity index (χ0n) is 16.6. The molecule has 0 amide bonds. The van der Waals surface area contributed by atoms with Gasteiger partial charge in [0, 0.05) is 42.2 Å². The Balaban J connectivity index is 0.000000730. The van der Waals surface area contributed by atoms with Crippen LogP contribution in [-0.4, -0.2) is 55.4 Å². The lowest BCUT2D eigenvalue weighted by molar-refractivity contribution is -0.122. The Kier molecular flexibility index (Phi) is 5.92. The van der Waals surface area contributed by atoms with Gasteiger partial charge in [0.05, 0.1) is 22.9 Å². The predicted molar refractivity (Wildman–Crippen MR) is 117 cm³/mol. The van der Waals surface area contributed by atoms with Gasteiger partial charge in [-0.2, -0.15) is 17.6 Å². The second-order valence-corrected chi connectivity index (χ2v) is 8.82. The molecule has 0 atom stereocenters. The molecule has 1 fully saturated rings. The summed E-state index contributed by atoms with van der Waals surface area (Å²) in [6.45, 7) is 3.50. The van der Waals surface area contributed by atoms with Gasteiger partial charge in [-0.25, -0.2) is 0 Å². The number of carbonyl (C=O) groups is 1. The lowest BCUT2D eigenvalue weighted by Gasteiger charge is -2.22. The number of nitrogens with one attached hydrogen (secondary N) is 1. The van der Waals surface area contributed by atoms with Gasteiger partial charge in [-0.05, 0) is 49.4 Å². The van der Waals surface area contributed by atoms with Crippen LogP contribution in [0.4, 0.5) is 5.69 Å². The van der Waals surface area contributed by atoms with Crippen molar-refractivity contribution in [3.05, 3.63) is 54.9 Å². The summed E-state index contributed by atoms with van der Waals surface area (Å²) in [4.78, 5) is 10.8. The molecule has 162 valence electrons. The maximum Gasteiger partial charge on any atom is 0.290 e. The van der Waals surface area contributed by atoms with Gasteiger partial charge in [0.2, 0.25) is 0 Å². The molecule has 1 aliphatic rings. The summed E-state index contributed by atoms with van der Waals surface area (Å²) < 4.78 is 33.0. The smallest absolute Gasteiger partial charge is 0.290 e. The van der Waals surface area contributed by atoms with Gasteiger partial charge in [-0.1, -0.05) is 0 Å². The summed E-state index contributed by atoms with van der Waals surface area (Å²) in [5.74, 6) is 0. The number of anilines is 1. The highest BCUT2D eigenvalue weighted by atomic mass is 32.2. The maximum atomic E-state index is 13.3. The van der Waals surface area contributed by atoms with Gasteiger partial charge in [-0.15, -0.1) is 0 Å². The minimum Gasteiger partial charge on any atom is -0.483 e. The van der Waals surface area contributed by atoms with Crippen molar-refractivity contribution in [2.24, 2.45) is 0 Å². The summed E-state index contributed by atoms with van der Waals surface area (Å²) in [6.07, 6.45) is 4.19. The van der Waals surface area contributed by atoms with Crippen LogP contribution in [0.5, 0.6) is 0 Å². The molecule has 0 radical (unpaired) electrons. The van der Waals surface area contributed by atoms with Crippen LogP contribution in [0.2, 0.25) is 0 Å². The lowest BCUT2D eigenvalue weighted by Crippen LogP contribution is -2.27. The standard InChI is InChI=1S/C20H20N4O3S.CH2O2/c25-28(26,18-5-3-15-6-11-27-20(15)13-18)24-19-12-17(4-2-16(19)14-22-24)23-9-1-7-21-8-10-23;2-1-3/h2-6,11-14,21H,1,7-10H2;1H,(H,2,3). The first kappa shape index (κ1) is 20.9. The number of carboxylic acid groups (broad SMARTS) is 1. The molecule has 0 spiro atoms. The molecule has 0 aliphatic carbocycles. The molecule has 9 nitrogen and oxygen atoms in total. The van der Waals surface area contributed by atoms with Gasteiger partial charge in [0.25, 0.3) is 16.5 Å². The van der Waals surface area contributed by atoms with E-state index in [1.165, 1.54) is 0 Å². The summed E-state index contributed by atoms with van der Waals surface area (Å²) in [7, 11) is -3.83. The number of hydrogen-bond donors (Lipinski definition) is 2. The summed E-state index contributed by atoms with van der Waals surface area (Å²) >= 11 is 0. The molecule has 2 N–H and O–H groups in total. The molecule has 2 aromatic heterocycles. The lowest BCUT2D eigenvalue weighted by atomic mass is 10.2. The topological polar surface area (TPSA) is 118 Å². The Morgan fingerprint density at radius 3 is 2.71 bits per heavy atom. The molecule has 0 saturated carbocycles. The Labute approximate surface area is 178 Å². The predicted octanol–water partition coefficient (Wildman–Crippen LogP) is 2.52. The number of furan rings is 1. The summed E-state index contributed by atoms with van der Waals surface area (Å²) in [5, 5.41) is 16.1. The third-order valence-corrected chi connectivity index (χ3v) is 6.78. The highest BCUT2D eigenvalue weighted by molar-refractivity contribution is 7.90. The fraction of sp³-hybridized carbons (Fsp3) is 0.238. The minimum atomic E-state index is -3.83. The molecule has 1 saturated heterocycles. The van der Waals surface area contributed by atoms with E-state index in [-0.39, 0.29) is 11.4 Å². The Bertz CT molecular complexity index is 1300. The van der Waals surface area contributed by atoms with E-state index in [0.717, 1.165) is 53.1 Å². The van der Waals surface area contributed by atoms with E-state index in [9.17, 15) is 8.42 Å². The average Bonchev–Trinajstić information content (AvgIpc) is 3.32. The molecule has 5 rings (SSSR count). The zero-order chi connectivity index (χ0) is 21.8. The van der Waals surface area contributed by atoms with Crippen molar-refractivity contribution in [3.8, 4) is 0 Å². The Hall–Kier alpha value is -3.37. The molecule has 0 bridgehead atoms. The third kappa shape index (κ3) is 4.12. The van der Waals surface area contributed by atoms with Crippen LogP contribution in [0.25, 0.3) is 21.9 Å². The first-order valence-electron chi connectivity index (χ1n) is 9.79. The van der Waals surface area contributed by atoms with E-state index in [0.29, 0.717) is 11.1 Å². The number of rotatable bonds is 3. The first-order chi connectivity index (χ1) is 15.0. The quantitative estimate of drug-likeness (QED) is 0.465. The van der Waals surface area contributed by atoms with Crippen molar-refractivity contribution in [2.45, 2.75) is 11.3 Å².